The fourth-order valence-corrected chi connectivity index (χ4v) is 2.39. The minimum atomic E-state index is 0.423. The number of likely N-dealkylation sites (tertiary alicyclic amines) is 1. The Bertz CT molecular complexity index is 329. The van der Waals surface area contributed by atoms with Crippen molar-refractivity contribution in [3.63, 3.8) is 0 Å². The molecule has 1 aromatic carbocycles. The summed E-state index contributed by atoms with van der Waals surface area (Å²) in [4.78, 5) is 2.48. The second-order valence-corrected chi connectivity index (χ2v) is 4.86. The number of hydrogen-bond acceptors (Lipinski definition) is 3. The molecule has 0 aromatic heterocycles. The van der Waals surface area contributed by atoms with Gasteiger partial charge in [0.05, 0.1) is 12.7 Å². The number of hydrogen-bond donors (Lipinski definition) is 1. The lowest BCUT2D eigenvalue weighted by Gasteiger charge is -2.16. The molecular weight excluding hydrogens is 224 g/mol. The van der Waals surface area contributed by atoms with E-state index < -0.39 is 0 Å². The number of likely N-dealkylation sites (N-methyl/N-ethyl adjacent to an activating group) is 1. The van der Waals surface area contributed by atoms with E-state index in [0.29, 0.717) is 6.10 Å². The van der Waals surface area contributed by atoms with Crippen LogP contribution in [-0.2, 0) is 11.3 Å². The van der Waals surface area contributed by atoms with Crippen molar-refractivity contribution >= 4 is 0 Å². The zero-order valence-corrected chi connectivity index (χ0v) is 11.3. The summed E-state index contributed by atoms with van der Waals surface area (Å²) < 4.78 is 5.87. The van der Waals surface area contributed by atoms with Crippen LogP contribution < -0.4 is 5.32 Å². The topological polar surface area (TPSA) is 24.5 Å². The van der Waals surface area contributed by atoms with Crippen molar-refractivity contribution < 1.29 is 4.74 Å². The first-order valence-corrected chi connectivity index (χ1v) is 6.97. The van der Waals surface area contributed by atoms with Crippen LogP contribution in [0.15, 0.2) is 30.3 Å². The van der Waals surface area contributed by atoms with Crippen molar-refractivity contribution in [2.24, 2.45) is 0 Å². The van der Waals surface area contributed by atoms with Crippen molar-refractivity contribution in [2.45, 2.75) is 26.0 Å². The van der Waals surface area contributed by atoms with E-state index in [0.717, 1.165) is 39.3 Å². The van der Waals surface area contributed by atoms with Gasteiger partial charge in [-0.2, -0.15) is 0 Å². The number of nitrogens with zero attached hydrogens (tertiary/aromatic N) is 1. The predicted molar refractivity (Wildman–Crippen MR) is 74.6 cm³/mol. The van der Waals surface area contributed by atoms with Gasteiger partial charge in [-0.15, -0.1) is 0 Å². The zero-order valence-electron chi connectivity index (χ0n) is 11.3. The first kappa shape index (κ1) is 13.5. The summed E-state index contributed by atoms with van der Waals surface area (Å²) in [5, 5.41) is 3.28. The third-order valence-corrected chi connectivity index (χ3v) is 3.36. The summed E-state index contributed by atoms with van der Waals surface area (Å²) in [7, 11) is 0. The van der Waals surface area contributed by atoms with Crippen LogP contribution in [0, 0.1) is 0 Å². The lowest BCUT2D eigenvalue weighted by Crippen LogP contribution is -2.26. The highest BCUT2D eigenvalue weighted by Gasteiger charge is 2.22. The monoisotopic (exact) mass is 248 g/mol. The van der Waals surface area contributed by atoms with Crippen molar-refractivity contribution in [1.29, 1.82) is 0 Å². The molecule has 1 atom stereocenters. The summed E-state index contributed by atoms with van der Waals surface area (Å²) in [5.74, 6) is 0. The molecule has 2 rings (SSSR count). The van der Waals surface area contributed by atoms with Crippen molar-refractivity contribution in [1.82, 2.24) is 10.2 Å². The molecule has 0 amide bonds. The number of ether oxygens (including phenoxy) is 1. The van der Waals surface area contributed by atoms with E-state index in [4.69, 9.17) is 4.74 Å². The van der Waals surface area contributed by atoms with Crippen LogP contribution in [0.4, 0.5) is 0 Å². The van der Waals surface area contributed by atoms with Gasteiger partial charge in [0.15, 0.2) is 0 Å². The molecule has 1 fully saturated rings. The van der Waals surface area contributed by atoms with E-state index in [9.17, 15) is 0 Å². The van der Waals surface area contributed by atoms with Crippen molar-refractivity contribution in [3.05, 3.63) is 35.9 Å². The lowest BCUT2D eigenvalue weighted by molar-refractivity contribution is 0.0607. The fraction of sp³-hybridized carbons (Fsp3) is 0.600. The molecule has 1 heterocycles. The third kappa shape index (κ3) is 4.41. The Morgan fingerprint density at radius 2 is 2.17 bits per heavy atom. The summed E-state index contributed by atoms with van der Waals surface area (Å²) in [5.41, 5.74) is 1.39. The number of rotatable bonds is 7. The van der Waals surface area contributed by atoms with E-state index in [1.807, 2.05) is 0 Å². The highest BCUT2D eigenvalue weighted by molar-refractivity contribution is 5.14. The average Bonchev–Trinajstić information content (AvgIpc) is 2.84. The second-order valence-electron chi connectivity index (χ2n) is 4.86. The molecule has 18 heavy (non-hydrogen) atoms. The zero-order chi connectivity index (χ0) is 12.6. The molecule has 1 N–H and O–H groups in total. The molecular formula is C15H24N2O. The van der Waals surface area contributed by atoms with Gasteiger partial charge in [0.2, 0.25) is 0 Å². The lowest BCUT2D eigenvalue weighted by atomic mass is 10.2. The van der Waals surface area contributed by atoms with Crippen LogP contribution >= 0.6 is 0 Å². The van der Waals surface area contributed by atoms with Gasteiger partial charge in [0, 0.05) is 26.2 Å². The maximum Gasteiger partial charge on any atom is 0.0714 e. The molecule has 1 aromatic rings. The minimum absolute atomic E-state index is 0.423. The molecule has 0 radical (unpaired) electrons. The highest BCUT2D eigenvalue weighted by atomic mass is 16.5. The van der Waals surface area contributed by atoms with E-state index in [2.05, 4.69) is 47.5 Å². The van der Waals surface area contributed by atoms with Gasteiger partial charge in [-0.3, -0.25) is 4.90 Å². The largest absolute Gasteiger partial charge is 0.376 e. The Morgan fingerprint density at radius 1 is 1.33 bits per heavy atom. The average molecular weight is 248 g/mol. The van der Waals surface area contributed by atoms with Gasteiger partial charge in [-0.1, -0.05) is 37.3 Å². The standard InChI is InChI=1S/C15H24N2O/c1-2-16-9-11-18-15-8-10-17(13-15)12-14-6-4-3-5-7-14/h3-7,15-16H,2,8-13H2,1H3. The smallest absolute Gasteiger partial charge is 0.0714 e. The summed E-state index contributed by atoms with van der Waals surface area (Å²) in [6.45, 7) is 8.21. The molecule has 1 aliphatic heterocycles. The molecule has 3 heteroatoms. The molecule has 1 aliphatic rings. The molecule has 1 saturated heterocycles. The second kappa shape index (κ2) is 7.52. The van der Waals surface area contributed by atoms with Gasteiger partial charge < -0.3 is 10.1 Å². The molecule has 0 saturated carbocycles. The molecule has 0 bridgehead atoms. The van der Waals surface area contributed by atoms with Gasteiger partial charge >= 0.3 is 0 Å². The SMILES string of the molecule is CCNCCOC1CCN(Cc2ccccc2)C1. The molecule has 0 aliphatic carbocycles. The van der Waals surface area contributed by atoms with Crippen LogP contribution in [0.5, 0.6) is 0 Å². The van der Waals surface area contributed by atoms with Crippen molar-refractivity contribution in [2.75, 3.05) is 32.8 Å². The van der Waals surface area contributed by atoms with E-state index >= 15 is 0 Å². The first-order chi connectivity index (χ1) is 8.88. The molecule has 3 nitrogen and oxygen atoms in total. The van der Waals surface area contributed by atoms with Crippen LogP contribution in [0.3, 0.4) is 0 Å². The predicted octanol–water partition coefficient (Wildman–Crippen LogP) is 1.89. The van der Waals surface area contributed by atoms with Crippen LogP contribution in [0.2, 0.25) is 0 Å². The summed E-state index contributed by atoms with van der Waals surface area (Å²) in [6, 6.07) is 10.7. The quantitative estimate of drug-likeness (QED) is 0.746. The van der Waals surface area contributed by atoms with Crippen LogP contribution in [-0.4, -0.2) is 43.8 Å². The molecule has 0 spiro atoms. The number of benzene rings is 1. The van der Waals surface area contributed by atoms with E-state index in [-0.39, 0.29) is 0 Å². The van der Waals surface area contributed by atoms with Gasteiger partial charge in [0.25, 0.3) is 0 Å². The van der Waals surface area contributed by atoms with Gasteiger partial charge in [0.1, 0.15) is 0 Å². The Hall–Kier alpha value is -0.900. The van der Waals surface area contributed by atoms with Gasteiger partial charge in [-0.25, -0.2) is 0 Å². The van der Waals surface area contributed by atoms with Crippen LogP contribution in [0.1, 0.15) is 18.9 Å². The highest BCUT2D eigenvalue weighted by Crippen LogP contribution is 2.15. The third-order valence-electron chi connectivity index (χ3n) is 3.36. The fourth-order valence-electron chi connectivity index (χ4n) is 2.39. The van der Waals surface area contributed by atoms with Crippen LogP contribution in [0.25, 0.3) is 0 Å². The maximum atomic E-state index is 5.87. The first-order valence-electron chi connectivity index (χ1n) is 6.97. The minimum Gasteiger partial charge on any atom is -0.376 e. The van der Waals surface area contributed by atoms with E-state index in [1.54, 1.807) is 0 Å². The summed E-state index contributed by atoms with van der Waals surface area (Å²) in [6.07, 6.45) is 1.59. The van der Waals surface area contributed by atoms with Crippen molar-refractivity contribution in [3.8, 4) is 0 Å². The Morgan fingerprint density at radius 3 is 2.94 bits per heavy atom. The molecule has 100 valence electrons. The Balaban J connectivity index is 1.65. The van der Waals surface area contributed by atoms with E-state index in [1.165, 1.54) is 12.0 Å². The number of nitrogens with one attached hydrogen (secondary N) is 1. The summed E-state index contributed by atoms with van der Waals surface area (Å²) >= 11 is 0. The van der Waals surface area contributed by atoms with Gasteiger partial charge in [-0.05, 0) is 18.5 Å². The maximum absolute atomic E-state index is 5.87. The normalized spacial score (nSPS) is 20.4. The Kier molecular flexibility index (Phi) is 5.65. The molecule has 1 unspecified atom stereocenters. The Labute approximate surface area is 110 Å².